The minimum atomic E-state index is 0.443. The highest BCUT2D eigenvalue weighted by Crippen LogP contribution is 2.28. The van der Waals surface area contributed by atoms with Crippen molar-refractivity contribution in [2.45, 2.75) is 31.7 Å². The van der Waals surface area contributed by atoms with Gasteiger partial charge in [0.25, 0.3) is 0 Å². The van der Waals surface area contributed by atoms with Gasteiger partial charge in [-0.15, -0.1) is 0 Å². The van der Waals surface area contributed by atoms with Crippen LogP contribution in [-0.4, -0.2) is 44.0 Å². The molecule has 3 heterocycles. The summed E-state index contributed by atoms with van der Waals surface area (Å²) in [4.78, 5) is 6.99. The summed E-state index contributed by atoms with van der Waals surface area (Å²) in [5.74, 6) is 0.560. The third kappa shape index (κ3) is 2.90. The Kier molecular flexibility index (Phi) is 3.99. The molecule has 0 bridgehead atoms. The summed E-state index contributed by atoms with van der Waals surface area (Å²) in [7, 11) is 0. The lowest BCUT2D eigenvalue weighted by atomic mass is 9.95. The Morgan fingerprint density at radius 2 is 2.05 bits per heavy atom. The van der Waals surface area contributed by atoms with Crippen molar-refractivity contribution in [1.82, 2.24) is 4.98 Å². The van der Waals surface area contributed by atoms with Crippen molar-refractivity contribution in [3.63, 3.8) is 0 Å². The lowest BCUT2D eigenvalue weighted by Crippen LogP contribution is -2.43. The van der Waals surface area contributed by atoms with Gasteiger partial charge in [0.15, 0.2) is 0 Å². The summed E-state index contributed by atoms with van der Waals surface area (Å²) in [5, 5.41) is 0. The molecule has 1 aromatic heterocycles. The molecule has 2 aliphatic rings. The fourth-order valence-electron chi connectivity index (χ4n) is 2.94. The van der Waals surface area contributed by atoms with Gasteiger partial charge in [-0.1, -0.05) is 0 Å². The Hall–Kier alpha value is -1.13. The van der Waals surface area contributed by atoms with E-state index in [0.29, 0.717) is 12.0 Å². The second kappa shape index (κ2) is 5.88. The van der Waals surface area contributed by atoms with Gasteiger partial charge in [0.2, 0.25) is 0 Å². The second-order valence-corrected chi connectivity index (χ2v) is 5.44. The van der Waals surface area contributed by atoms with Gasteiger partial charge >= 0.3 is 0 Å². The number of ether oxygens (including phenoxy) is 2. The molecule has 0 spiro atoms. The zero-order chi connectivity index (χ0) is 13.1. The molecular formula is C15H22N2O2. The van der Waals surface area contributed by atoms with Crippen LogP contribution in [0.1, 0.15) is 31.4 Å². The van der Waals surface area contributed by atoms with Gasteiger partial charge in [-0.25, -0.2) is 0 Å². The van der Waals surface area contributed by atoms with Gasteiger partial charge in [-0.05, 0) is 31.9 Å². The number of hydrogen-bond donors (Lipinski definition) is 0. The molecule has 2 aliphatic heterocycles. The SMILES string of the molecule is CC1COCCN1c1ccnc(C2CCOCC2)c1. The maximum absolute atomic E-state index is 5.51. The third-order valence-corrected chi connectivity index (χ3v) is 4.10. The molecule has 3 rings (SSSR count). The van der Waals surface area contributed by atoms with Crippen LogP contribution in [-0.2, 0) is 9.47 Å². The molecule has 2 saturated heterocycles. The number of morpholine rings is 1. The Morgan fingerprint density at radius 3 is 2.84 bits per heavy atom. The maximum atomic E-state index is 5.51. The first-order valence-electron chi connectivity index (χ1n) is 7.22. The number of nitrogens with zero attached hydrogens (tertiary/aromatic N) is 2. The van der Waals surface area contributed by atoms with Gasteiger partial charge in [0, 0.05) is 49.3 Å². The summed E-state index contributed by atoms with van der Waals surface area (Å²) in [6.45, 7) is 6.55. The lowest BCUT2D eigenvalue weighted by molar-refractivity contribution is 0.0844. The fourth-order valence-corrected chi connectivity index (χ4v) is 2.94. The standard InChI is InChI=1S/C15H22N2O2/c1-12-11-19-9-6-17(12)14-2-5-16-15(10-14)13-3-7-18-8-4-13/h2,5,10,12-13H,3-4,6-9,11H2,1H3. The van der Waals surface area contributed by atoms with E-state index in [1.165, 1.54) is 11.4 Å². The van der Waals surface area contributed by atoms with E-state index in [4.69, 9.17) is 9.47 Å². The second-order valence-electron chi connectivity index (χ2n) is 5.44. The summed E-state index contributed by atoms with van der Waals surface area (Å²) in [6.07, 6.45) is 4.13. The van der Waals surface area contributed by atoms with E-state index >= 15 is 0 Å². The van der Waals surface area contributed by atoms with Crippen molar-refractivity contribution in [2.24, 2.45) is 0 Å². The number of hydrogen-bond acceptors (Lipinski definition) is 4. The van der Waals surface area contributed by atoms with Gasteiger partial charge in [-0.2, -0.15) is 0 Å². The molecule has 1 aromatic rings. The smallest absolute Gasteiger partial charge is 0.0668 e. The molecule has 1 unspecified atom stereocenters. The van der Waals surface area contributed by atoms with Crippen molar-refractivity contribution < 1.29 is 9.47 Å². The molecule has 0 N–H and O–H groups in total. The molecule has 0 aromatic carbocycles. The first-order chi connectivity index (χ1) is 9.34. The first-order valence-corrected chi connectivity index (χ1v) is 7.22. The predicted molar refractivity (Wildman–Crippen MR) is 74.7 cm³/mol. The Morgan fingerprint density at radius 1 is 1.21 bits per heavy atom. The van der Waals surface area contributed by atoms with Crippen LogP contribution < -0.4 is 4.90 Å². The normalized spacial score (nSPS) is 25.5. The van der Waals surface area contributed by atoms with Crippen molar-refractivity contribution in [3.05, 3.63) is 24.0 Å². The Balaban J connectivity index is 1.78. The van der Waals surface area contributed by atoms with Gasteiger partial charge in [-0.3, -0.25) is 4.98 Å². The van der Waals surface area contributed by atoms with Gasteiger partial charge in [0.05, 0.1) is 13.2 Å². The number of aromatic nitrogens is 1. The van der Waals surface area contributed by atoms with Crippen LogP contribution in [0, 0.1) is 0 Å². The van der Waals surface area contributed by atoms with Crippen LogP contribution >= 0.6 is 0 Å². The summed E-state index contributed by atoms with van der Waals surface area (Å²) in [6, 6.07) is 4.82. The monoisotopic (exact) mass is 262 g/mol. The zero-order valence-corrected chi connectivity index (χ0v) is 11.5. The molecule has 19 heavy (non-hydrogen) atoms. The van der Waals surface area contributed by atoms with Crippen molar-refractivity contribution in [1.29, 1.82) is 0 Å². The van der Waals surface area contributed by atoms with Gasteiger partial charge in [0.1, 0.15) is 0 Å². The molecule has 4 nitrogen and oxygen atoms in total. The molecule has 0 radical (unpaired) electrons. The summed E-state index contributed by atoms with van der Waals surface area (Å²) in [5.41, 5.74) is 2.51. The largest absolute Gasteiger partial charge is 0.381 e. The maximum Gasteiger partial charge on any atom is 0.0668 e. The van der Waals surface area contributed by atoms with E-state index in [1.807, 2.05) is 6.20 Å². The van der Waals surface area contributed by atoms with E-state index in [0.717, 1.165) is 45.8 Å². The fraction of sp³-hybridized carbons (Fsp3) is 0.667. The van der Waals surface area contributed by atoms with Crippen molar-refractivity contribution in [2.75, 3.05) is 37.9 Å². The van der Waals surface area contributed by atoms with Gasteiger partial charge < -0.3 is 14.4 Å². The molecule has 0 amide bonds. The Labute approximate surface area is 114 Å². The zero-order valence-electron chi connectivity index (χ0n) is 11.5. The molecule has 0 aliphatic carbocycles. The minimum Gasteiger partial charge on any atom is -0.381 e. The van der Waals surface area contributed by atoms with Crippen LogP contribution in [0.2, 0.25) is 0 Å². The average Bonchev–Trinajstić information content (AvgIpc) is 2.49. The molecule has 0 saturated carbocycles. The Bertz CT molecular complexity index is 418. The van der Waals surface area contributed by atoms with E-state index in [2.05, 4.69) is 28.9 Å². The lowest BCUT2D eigenvalue weighted by Gasteiger charge is -2.35. The van der Waals surface area contributed by atoms with E-state index < -0.39 is 0 Å². The highest BCUT2D eigenvalue weighted by atomic mass is 16.5. The van der Waals surface area contributed by atoms with E-state index in [9.17, 15) is 0 Å². The van der Waals surface area contributed by atoms with Crippen LogP contribution in [0.3, 0.4) is 0 Å². The summed E-state index contributed by atoms with van der Waals surface area (Å²) >= 11 is 0. The number of pyridine rings is 1. The number of anilines is 1. The summed E-state index contributed by atoms with van der Waals surface area (Å²) < 4.78 is 10.9. The third-order valence-electron chi connectivity index (χ3n) is 4.10. The molecule has 2 fully saturated rings. The molecular weight excluding hydrogens is 240 g/mol. The first kappa shape index (κ1) is 12.9. The van der Waals surface area contributed by atoms with Crippen LogP contribution in [0.15, 0.2) is 18.3 Å². The van der Waals surface area contributed by atoms with Crippen molar-refractivity contribution >= 4 is 5.69 Å². The molecule has 1 atom stereocenters. The molecule has 4 heteroatoms. The predicted octanol–water partition coefficient (Wildman–Crippen LogP) is 2.20. The molecule has 104 valence electrons. The van der Waals surface area contributed by atoms with E-state index in [1.54, 1.807) is 0 Å². The number of rotatable bonds is 2. The average molecular weight is 262 g/mol. The minimum absolute atomic E-state index is 0.443. The topological polar surface area (TPSA) is 34.6 Å². The van der Waals surface area contributed by atoms with Crippen LogP contribution in [0.5, 0.6) is 0 Å². The van der Waals surface area contributed by atoms with Crippen molar-refractivity contribution in [3.8, 4) is 0 Å². The van der Waals surface area contributed by atoms with Crippen LogP contribution in [0.4, 0.5) is 5.69 Å². The highest BCUT2D eigenvalue weighted by molar-refractivity contribution is 5.48. The van der Waals surface area contributed by atoms with Crippen LogP contribution in [0.25, 0.3) is 0 Å². The van der Waals surface area contributed by atoms with E-state index in [-0.39, 0.29) is 0 Å². The highest BCUT2D eigenvalue weighted by Gasteiger charge is 2.22. The quantitative estimate of drug-likeness (QED) is 0.818.